The van der Waals surface area contributed by atoms with Gasteiger partial charge in [0.1, 0.15) is 48.3 Å². The molecule has 0 aromatic carbocycles. The third-order valence-corrected chi connectivity index (χ3v) is 11.1. The molecule has 72 heavy (non-hydrogen) atoms. The van der Waals surface area contributed by atoms with Crippen LogP contribution in [0.25, 0.3) is 0 Å². The van der Waals surface area contributed by atoms with E-state index in [4.69, 9.17) is 22.9 Å². The van der Waals surface area contributed by atoms with Gasteiger partial charge < -0.3 is 80.8 Å². The van der Waals surface area contributed by atoms with Crippen molar-refractivity contribution in [1.29, 1.82) is 0 Å². The summed E-state index contributed by atoms with van der Waals surface area (Å²) in [4.78, 5) is 149. The molecule has 0 unspecified atom stereocenters. The Bertz CT molecular complexity index is 1910. The van der Waals surface area contributed by atoms with Crippen LogP contribution in [0.1, 0.15) is 121 Å². The van der Waals surface area contributed by atoms with Gasteiger partial charge in [0.2, 0.25) is 53.2 Å². The molecule has 0 saturated carbocycles. The van der Waals surface area contributed by atoms with Crippen molar-refractivity contribution in [3.8, 4) is 0 Å². The monoisotopic (exact) mass is 1030 g/mol. The second-order valence-electron chi connectivity index (χ2n) is 19.1. The van der Waals surface area contributed by atoms with Crippen LogP contribution in [0.5, 0.6) is 0 Å². The van der Waals surface area contributed by atoms with E-state index in [1.165, 1.54) is 13.8 Å². The van der Waals surface area contributed by atoms with Crippen LogP contribution in [0.3, 0.4) is 0 Å². The summed E-state index contributed by atoms with van der Waals surface area (Å²) >= 11 is 0. The van der Waals surface area contributed by atoms with Crippen molar-refractivity contribution < 1.29 is 68.1 Å². The molecule has 9 amide bonds. The summed E-state index contributed by atoms with van der Waals surface area (Å²) in [6.07, 6.45) is -3.12. The number of primary amides is 1. The molecule has 0 aromatic heterocycles. The third kappa shape index (κ3) is 25.0. The smallest absolute Gasteiger partial charge is 0.326 e. The van der Waals surface area contributed by atoms with Crippen molar-refractivity contribution in [2.75, 3.05) is 6.54 Å². The van der Waals surface area contributed by atoms with Gasteiger partial charge in [-0.05, 0) is 69.6 Å². The maximum Gasteiger partial charge on any atom is 0.326 e. The second-order valence-corrected chi connectivity index (χ2v) is 19.1. The molecule has 0 spiro atoms. The van der Waals surface area contributed by atoms with E-state index in [1.807, 2.05) is 0 Å². The number of hydrogen-bond acceptors (Lipinski definition) is 14. The number of aliphatic hydroxyl groups is 1. The van der Waals surface area contributed by atoms with E-state index >= 15 is 0 Å². The summed E-state index contributed by atoms with van der Waals surface area (Å²) < 4.78 is 0. The number of carboxylic acid groups (broad SMARTS) is 2. The zero-order chi connectivity index (χ0) is 55.7. The molecule has 0 aliphatic heterocycles. The molecule has 0 rings (SSSR count). The number of nitrogens with two attached hydrogens (primary N) is 4. The first kappa shape index (κ1) is 65.4. The summed E-state index contributed by atoms with van der Waals surface area (Å²) in [5.41, 5.74) is 21.7. The van der Waals surface area contributed by atoms with E-state index in [0.29, 0.717) is 0 Å². The van der Waals surface area contributed by atoms with Gasteiger partial charge in [-0.3, -0.25) is 52.9 Å². The van der Waals surface area contributed by atoms with Crippen LogP contribution >= 0.6 is 0 Å². The van der Waals surface area contributed by atoms with Crippen molar-refractivity contribution in [1.82, 2.24) is 42.5 Å². The van der Waals surface area contributed by atoms with Gasteiger partial charge in [0, 0.05) is 13.0 Å². The molecule has 27 heteroatoms. The molecule has 0 aliphatic carbocycles. The Morgan fingerprint density at radius 1 is 0.514 bits per heavy atom. The van der Waals surface area contributed by atoms with E-state index in [1.54, 1.807) is 55.4 Å². The van der Waals surface area contributed by atoms with Gasteiger partial charge in [0.05, 0.1) is 18.6 Å². The number of rotatable bonds is 34. The number of carbonyl (C=O) groups excluding carboxylic acids is 9. The number of aliphatic hydroxyl groups excluding tert-OH is 1. The highest BCUT2D eigenvalue weighted by atomic mass is 16.4. The number of nitrogens with one attached hydrogen (secondary N) is 8. The highest BCUT2D eigenvalue weighted by molar-refractivity contribution is 5.99. The number of aliphatic imine (C=N–C) groups is 1. The number of hydrogen-bond donors (Lipinski definition) is 15. The number of carbonyl (C=O) groups is 11. The fourth-order valence-electron chi connectivity index (χ4n) is 6.88. The summed E-state index contributed by atoms with van der Waals surface area (Å²) in [6, 6.07) is -12.9. The van der Waals surface area contributed by atoms with E-state index in [2.05, 4.69) is 47.5 Å². The average Bonchev–Trinajstić information content (AvgIpc) is 3.26. The Morgan fingerprint density at radius 3 is 1.36 bits per heavy atom. The largest absolute Gasteiger partial charge is 0.481 e. The molecule has 0 heterocycles. The number of guanidine groups is 1. The van der Waals surface area contributed by atoms with Crippen LogP contribution in [-0.4, -0.2) is 153 Å². The highest BCUT2D eigenvalue weighted by Gasteiger charge is 2.37. The quantitative estimate of drug-likeness (QED) is 0.0167. The van der Waals surface area contributed by atoms with Gasteiger partial charge in [0.25, 0.3) is 0 Å². The van der Waals surface area contributed by atoms with Crippen molar-refractivity contribution in [2.24, 2.45) is 51.6 Å². The van der Waals surface area contributed by atoms with Gasteiger partial charge in [-0.15, -0.1) is 0 Å². The summed E-state index contributed by atoms with van der Waals surface area (Å²) in [7, 11) is 0. The SMILES string of the molecule is CC[C@H](C)[C@H](NC(=O)[C@H](CC(C)C)NC(=O)[C@@H](NC(=O)[C@H](C)N)[C@@H](C)O)C(=O)N[C@@H](CC(N)=O)C(=O)N[C@@H](CCC(=O)O)C(=O)N[C@@H](CC(C)C)C(=O)N[C@H](C(=O)N[C@@H](CCCN=C(N)N)C(=O)O)C(C)C. The van der Waals surface area contributed by atoms with Crippen LogP contribution in [-0.2, 0) is 52.7 Å². The summed E-state index contributed by atoms with van der Waals surface area (Å²) in [5, 5.41) is 49.2. The predicted molar refractivity (Wildman–Crippen MR) is 262 cm³/mol. The van der Waals surface area contributed by atoms with E-state index < -0.39 is 157 Å². The lowest BCUT2D eigenvalue weighted by Crippen LogP contribution is -2.62. The molecule has 0 bridgehead atoms. The normalized spacial score (nSPS) is 15.8. The lowest BCUT2D eigenvalue weighted by molar-refractivity contribution is -0.143. The number of nitrogens with zero attached hydrogens (tertiary/aromatic N) is 1. The first-order valence-corrected chi connectivity index (χ1v) is 24.0. The number of carboxylic acids is 2. The van der Waals surface area contributed by atoms with Crippen LogP contribution < -0.4 is 65.5 Å². The lowest BCUT2D eigenvalue weighted by atomic mass is 9.96. The van der Waals surface area contributed by atoms with Crippen LogP contribution in [0.15, 0.2) is 4.99 Å². The molecular weight excluding hydrogens is 947 g/mol. The van der Waals surface area contributed by atoms with Gasteiger partial charge in [-0.1, -0.05) is 61.8 Å². The minimum absolute atomic E-state index is 0.0247. The topological polar surface area (TPSA) is 461 Å². The van der Waals surface area contributed by atoms with E-state index in [9.17, 15) is 68.1 Å². The molecule has 11 atom stereocenters. The Kier molecular flexibility index (Phi) is 29.4. The van der Waals surface area contributed by atoms with Gasteiger partial charge in [-0.25, -0.2) is 4.79 Å². The molecule has 0 aromatic rings. The molecular formula is C45H81N13O14. The van der Waals surface area contributed by atoms with Gasteiger partial charge in [-0.2, -0.15) is 0 Å². The summed E-state index contributed by atoms with van der Waals surface area (Å²) in [5.74, 6) is -13.3. The molecule has 0 radical (unpaired) electrons. The van der Waals surface area contributed by atoms with Crippen molar-refractivity contribution in [3.63, 3.8) is 0 Å². The Morgan fingerprint density at radius 2 is 0.931 bits per heavy atom. The molecule has 0 saturated heterocycles. The Labute approximate surface area is 420 Å². The average molecular weight is 1030 g/mol. The van der Waals surface area contributed by atoms with E-state index in [0.717, 1.165) is 0 Å². The molecule has 27 nitrogen and oxygen atoms in total. The lowest BCUT2D eigenvalue weighted by Gasteiger charge is -2.30. The standard InChI is InChI=1S/C45H81N13O14/c1-11-23(8)34(57-40(67)29(18-21(4)5)54-43(70)35(25(10)59)58-36(63)24(9)46)42(69)55-30(19-31(47)60)38(65)51-26(14-15-32(61)62)37(64)53-28(17-20(2)3)39(66)56-33(22(6)7)41(68)52-27(44(71)72)13-12-16-50-45(48)49/h20-30,33-35,59H,11-19,46H2,1-10H3,(H2,47,60)(H,51,65)(H,52,68)(H,53,64)(H,54,70)(H,55,69)(H,56,66)(H,57,67)(H,58,63)(H,61,62)(H,71,72)(H4,48,49,50)/t23-,24-,25+,26-,27-,28-,29-,30-,33-,34-,35-/m0/s1. The van der Waals surface area contributed by atoms with Crippen LogP contribution in [0.4, 0.5) is 0 Å². The maximum absolute atomic E-state index is 14.0. The molecule has 0 fully saturated rings. The predicted octanol–water partition coefficient (Wildman–Crippen LogP) is -3.73. The fraction of sp³-hybridized carbons (Fsp3) is 0.733. The Hall–Kier alpha value is -6.64. The van der Waals surface area contributed by atoms with Crippen molar-refractivity contribution in [2.45, 2.75) is 181 Å². The molecule has 19 N–H and O–H groups in total. The number of amides is 9. The minimum atomic E-state index is -1.81. The molecule has 410 valence electrons. The van der Waals surface area contributed by atoms with E-state index in [-0.39, 0.29) is 56.4 Å². The van der Waals surface area contributed by atoms with Crippen molar-refractivity contribution >= 4 is 71.1 Å². The van der Waals surface area contributed by atoms with Crippen LogP contribution in [0.2, 0.25) is 0 Å². The Balaban J connectivity index is 6.68. The van der Waals surface area contributed by atoms with Crippen molar-refractivity contribution in [3.05, 3.63) is 0 Å². The first-order valence-electron chi connectivity index (χ1n) is 24.0. The first-order chi connectivity index (χ1) is 33.3. The summed E-state index contributed by atoms with van der Waals surface area (Å²) in [6.45, 7) is 16.1. The zero-order valence-corrected chi connectivity index (χ0v) is 43.0. The minimum Gasteiger partial charge on any atom is -0.481 e. The fourth-order valence-corrected chi connectivity index (χ4v) is 6.88. The highest BCUT2D eigenvalue weighted by Crippen LogP contribution is 2.14. The third-order valence-electron chi connectivity index (χ3n) is 11.1. The molecule has 0 aliphatic rings. The van der Waals surface area contributed by atoms with Gasteiger partial charge >= 0.3 is 11.9 Å². The van der Waals surface area contributed by atoms with Gasteiger partial charge in [0.15, 0.2) is 5.96 Å². The second kappa shape index (κ2) is 32.4. The number of aliphatic carboxylic acids is 2. The van der Waals surface area contributed by atoms with Crippen LogP contribution in [0, 0.1) is 23.7 Å². The zero-order valence-electron chi connectivity index (χ0n) is 43.0. The maximum atomic E-state index is 14.0.